The number of thiocarbonyl (C=S) groups is 1. The molecule has 1 aliphatic rings. The molecular weight excluding hydrogens is 394 g/mol. The van der Waals surface area contributed by atoms with Gasteiger partial charge in [0.25, 0.3) is 5.91 Å². The maximum absolute atomic E-state index is 12.7. The lowest BCUT2D eigenvalue weighted by Crippen LogP contribution is -2.27. The fourth-order valence-corrected chi connectivity index (χ4v) is 4.74. The SMILES string of the molecule is C=CCN1C(=O)/C(=C\c2cn(-c3ccccc3)nc2-c2cccs2)SC1=S. The molecule has 0 radical (unpaired) electrons. The molecule has 1 amide bonds. The summed E-state index contributed by atoms with van der Waals surface area (Å²) in [6.07, 6.45) is 5.51. The molecular formula is C20H15N3OS3. The zero-order chi connectivity index (χ0) is 18.8. The van der Waals surface area contributed by atoms with Gasteiger partial charge in [0.15, 0.2) is 0 Å². The Balaban J connectivity index is 1.78. The lowest BCUT2D eigenvalue weighted by atomic mass is 10.2. The Morgan fingerprint density at radius 1 is 1.19 bits per heavy atom. The number of hydrogen-bond donors (Lipinski definition) is 0. The third-order valence-electron chi connectivity index (χ3n) is 3.99. The summed E-state index contributed by atoms with van der Waals surface area (Å²) in [5.41, 5.74) is 2.71. The second-order valence-corrected chi connectivity index (χ2v) is 8.39. The van der Waals surface area contributed by atoms with Crippen LogP contribution in [0.2, 0.25) is 0 Å². The Bertz CT molecular complexity index is 1040. The largest absolute Gasteiger partial charge is 0.289 e. The molecule has 2 aromatic heterocycles. The third kappa shape index (κ3) is 3.53. The van der Waals surface area contributed by atoms with E-state index in [1.807, 2.05) is 64.8 Å². The van der Waals surface area contributed by atoms with Gasteiger partial charge < -0.3 is 0 Å². The summed E-state index contributed by atoms with van der Waals surface area (Å²) >= 11 is 8.27. The zero-order valence-electron chi connectivity index (χ0n) is 14.2. The van der Waals surface area contributed by atoms with Gasteiger partial charge in [-0.25, -0.2) is 4.68 Å². The summed E-state index contributed by atoms with van der Waals surface area (Å²) in [5, 5.41) is 6.78. The average Bonchev–Trinajstić information content (AvgIpc) is 3.40. The number of amides is 1. The van der Waals surface area contributed by atoms with Gasteiger partial charge in [0.2, 0.25) is 0 Å². The first-order chi connectivity index (χ1) is 13.2. The molecule has 134 valence electrons. The van der Waals surface area contributed by atoms with E-state index in [-0.39, 0.29) is 5.91 Å². The molecule has 0 spiro atoms. The van der Waals surface area contributed by atoms with Crippen LogP contribution in [-0.4, -0.2) is 31.5 Å². The molecule has 3 heterocycles. The molecule has 1 aromatic carbocycles. The summed E-state index contributed by atoms with van der Waals surface area (Å²) in [4.78, 5) is 15.9. The number of nitrogens with zero attached hydrogens (tertiary/aromatic N) is 3. The molecule has 0 bridgehead atoms. The normalized spacial score (nSPS) is 15.7. The lowest BCUT2D eigenvalue weighted by molar-refractivity contribution is -0.121. The summed E-state index contributed by atoms with van der Waals surface area (Å²) in [6.45, 7) is 4.11. The van der Waals surface area contributed by atoms with Crippen molar-refractivity contribution in [3.8, 4) is 16.3 Å². The van der Waals surface area contributed by atoms with Crippen LogP contribution < -0.4 is 0 Å². The second-order valence-electron chi connectivity index (χ2n) is 5.77. The fraction of sp³-hybridized carbons (Fsp3) is 0.0500. The first kappa shape index (κ1) is 17.9. The van der Waals surface area contributed by atoms with E-state index in [0.29, 0.717) is 15.8 Å². The number of rotatable bonds is 5. The van der Waals surface area contributed by atoms with Crippen LogP contribution in [0.3, 0.4) is 0 Å². The highest BCUT2D eigenvalue weighted by molar-refractivity contribution is 8.26. The van der Waals surface area contributed by atoms with E-state index >= 15 is 0 Å². The van der Waals surface area contributed by atoms with E-state index in [4.69, 9.17) is 17.3 Å². The van der Waals surface area contributed by atoms with Crippen molar-refractivity contribution in [1.82, 2.24) is 14.7 Å². The highest BCUT2D eigenvalue weighted by Crippen LogP contribution is 2.35. The average molecular weight is 410 g/mol. The Hall–Kier alpha value is -2.48. The molecule has 1 fully saturated rings. The van der Waals surface area contributed by atoms with Crippen LogP contribution in [-0.2, 0) is 4.79 Å². The number of thioether (sulfide) groups is 1. The van der Waals surface area contributed by atoms with Gasteiger partial charge in [0, 0.05) is 18.3 Å². The van der Waals surface area contributed by atoms with E-state index < -0.39 is 0 Å². The van der Waals surface area contributed by atoms with Gasteiger partial charge in [-0.15, -0.1) is 17.9 Å². The Morgan fingerprint density at radius 2 is 2.00 bits per heavy atom. The standard InChI is InChI=1S/C20H15N3OS3/c1-2-10-22-19(24)17(27-20(22)25)12-14-13-23(15-7-4-3-5-8-15)21-18(14)16-9-6-11-26-16/h2-9,11-13H,1,10H2/b17-12+. The predicted molar refractivity (Wildman–Crippen MR) is 117 cm³/mol. The van der Waals surface area contributed by atoms with Crippen LogP contribution >= 0.6 is 35.3 Å². The van der Waals surface area contributed by atoms with Gasteiger partial charge in [-0.3, -0.25) is 9.69 Å². The highest BCUT2D eigenvalue weighted by Gasteiger charge is 2.31. The van der Waals surface area contributed by atoms with Gasteiger partial charge in [-0.1, -0.05) is 54.3 Å². The molecule has 0 unspecified atom stereocenters. The van der Waals surface area contributed by atoms with Crippen molar-refractivity contribution in [2.75, 3.05) is 6.54 Å². The molecule has 0 N–H and O–H groups in total. The molecule has 0 aliphatic carbocycles. The van der Waals surface area contributed by atoms with Crippen LogP contribution in [0.1, 0.15) is 5.56 Å². The number of para-hydroxylation sites is 1. The van der Waals surface area contributed by atoms with Gasteiger partial charge >= 0.3 is 0 Å². The first-order valence-electron chi connectivity index (χ1n) is 8.22. The van der Waals surface area contributed by atoms with Crippen molar-refractivity contribution in [2.24, 2.45) is 0 Å². The van der Waals surface area contributed by atoms with Gasteiger partial charge in [-0.05, 0) is 29.7 Å². The lowest BCUT2D eigenvalue weighted by Gasteiger charge is -2.10. The number of benzene rings is 1. The van der Waals surface area contributed by atoms with Crippen molar-refractivity contribution in [3.05, 3.63) is 77.2 Å². The summed E-state index contributed by atoms with van der Waals surface area (Å²) in [7, 11) is 0. The number of carbonyl (C=O) groups excluding carboxylic acids is 1. The number of aromatic nitrogens is 2. The Labute approximate surface area is 170 Å². The number of hydrogen-bond acceptors (Lipinski definition) is 5. The first-order valence-corrected chi connectivity index (χ1v) is 10.3. The molecule has 4 nitrogen and oxygen atoms in total. The topological polar surface area (TPSA) is 38.1 Å². The molecule has 0 atom stereocenters. The van der Waals surface area contributed by atoms with Crippen molar-refractivity contribution >= 4 is 51.6 Å². The fourth-order valence-electron chi connectivity index (χ4n) is 2.74. The maximum Gasteiger partial charge on any atom is 0.266 e. The van der Waals surface area contributed by atoms with Crippen LogP contribution in [0, 0.1) is 0 Å². The van der Waals surface area contributed by atoms with E-state index in [0.717, 1.165) is 21.8 Å². The molecule has 1 aliphatic heterocycles. The predicted octanol–water partition coefficient (Wildman–Crippen LogP) is 4.99. The summed E-state index contributed by atoms with van der Waals surface area (Å²) in [5.74, 6) is -0.0884. The minimum atomic E-state index is -0.0884. The van der Waals surface area contributed by atoms with E-state index in [1.54, 1.807) is 22.3 Å². The number of carbonyl (C=O) groups is 1. The van der Waals surface area contributed by atoms with Crippen LogP contribution in [0.5, 0.6) is 0 Å². The van der Waals surface area contributed by atoms with Gasteiger partial charge in [0.1, 0.15) is 10.0 Å². The third-order valence-corrected chi connectivity index (χ3v) is 6.24. The minimum Gasteiger partial charge on any atom is -0.289 e. The highest BCUT2D eigenvalue weighted by atomic mass is 32.2. The van der Waals surface area contributed by atoms with Crippen molar-refractivity contribution in [2.45, 2.75) is 0 Å². The van der Waals surface area contributed by atoms with E-state index in [9.17, 15) is 4.79 Å². The van der Waals surface area contributed by atoms with Crippen molar-refractivity contribution in [3.63, 3.8) is 0 Å². The van der Waals surface area contributed by atoms with Crippen molar-refractivity contribution in [1.29, 1.82) is 0 Å². The molecule has 27 heavy (non-hydrogen) atoms. The monoisotopic (exact) mass is 409 g/mol. The molecule has 4 rings (SSSR count). The zero-order valence-corrected chi connectivity index (χ0v) is 16.7. The Morgan fingerprint density at radius 3 is 2.70 bits per heavy atom. The van der Waals surface area contributed by atoms with Gasteiger partial charge in [0.05, 0.1) is 15.5 Å². The molecule has 3 aromatic rings. The van der Waals surface area contributed by atoms with Crippen molar-refractivity contribution < 1.29 is 4.79 Å². The minimum absolute atomic E-state index is 0.0884. The van der Waals surface area contributed by atoms with Crippen LogP contribution in [0.25, 0.3) is 22.3 Å². The smallest absolute Gasteiger partial charge is 0.266 e. The molecule has 1 saturated heterocycles. The van der Waals surface area contributed by atoms with E-state index in [2.05, 4.69) is 6.58 Å². The van der Waals surface area contributed by atoms with Crippen LogP contribution in [0.4, 0.5) is 0 Å². The van der Waals surface area contributed by atoms with E-state index in [1.165, 1.54) is 11.8 Å². The quantitative estimate of drug-likeness (QED) is 0.338. The summed E-state index contributed by atoms with van der Waals surface area (Å²) in [6, 6.07) is 13.9. The van der Waals surface area contributed by atoms with Crippen LogP contribution in [0.15, 0.2) is 71.6 Å². The second kappa shape index (κ2) is 7.64. The number of thiophene rings is 1. The summed E-state index contributed by atoms with van der Waals surface area (Å²) < 4.78 is 2.39. The van der Waals surface area contributed by atoms with Gasteiger partial charge in [-0.2, -0.15) is 5.10 Å². The molecule has 0 saturated carbocycles. The Kier molecular flexibility index (Phi) is 5.07. The maximum atomic E-state index is 12.7. The molecule has 7 heteroatoms.